The number of benzene rings is 23. The molecule has 0 bridgehead atoms. The van der Waals surface area contributed by atoms with Crippen LogP contribution in [-0.4, -0.2) is 53.2 Å². The minimum Gasteiger partial charge on any atom is -0.308 e. The molecule has 30 aromatic rings. The van der Waals surface area contributed by atoms with Gasteiger partial charge in [0.15, 0.2) is 11.6 Å². The van der Waals surface area contributed by atoms with Gasteiger partial charge >= 0.3 is 0 Å². The third-order valence-electron chi connectivity index (χ3n) is 28.0. The number of aromatic nitrogens is 11. The van der Waals surface area contributed by atoms with E-state index in [9.17, 15) is 0 Å². The Bertz CT molecular complexity index is 9750. The first kappa shape index (κ1) is 73.8. The second-order valence-electron chi connectivity index (χ2n) is 35.4. The molecule has 618 valence electrons. The third-order valence-corrected chi connectivity index (χ3v) is 28.0. The largest absolute Gasteiger partial charge is 0.308 e. The first-order chi connectivity index (χ1) is 66.4. The molecule has 11 nitrogen and oxygen atoms in total. The molecule has 7 aromatic heterocycles. The van der Waals surface area contributed by atoms with Gasteiger partial charge < -0.3 is 4.57 Å². The fraction of sp³-hybridized carbons (Fsp3) is 0. The van der Waals surface area contributed by atoms with Gasteiger partial charge in [-0.1, -0.05) is 340 Å². The lowest BCUT2D eigenvalue weighted by atomic mass is 9.91. The van der Waals surface area contributed by atoms with Crippen LogP contribution in [0.1, 0.15) is 0 Å². The summed E-state index contributed by atoms with van der Waals surface area (Å²) < 4.78 is 9.24. The first-order valence-electron chi connectivity index (χ1n) is 45.6. The van der Waals surface area contributed by atoms with Crippen LogP contribution in [0.5, 0.6) is 0 Å². The van der Waals surface area contributed by atoms with Crippen molar-refractivity contribution in [2.75, 3.05) is 0 Å². The van der Waals surface area contributed by atoms with Crippen LogP contribution < -0.4 is 0 Å². The standard InChI is InChI=1S/C80H44N6.C43H27N5/c1-2-11-45(12-3-1)64-43-65(58-37-52-29-23-46-13-8-14-47-24-30-53(38-58)74(52)71(46)47)82-79(81-64)85-69-22-7-5-20-63(69)77-70(85)36-35-62-61-19-4-6-21-68(61)86(78(62)77)80-83-66(59-39-54-31-25-48-15-9-16-49-26-32-55(40-59)75(54)72(48)49)44-67(84-80)60-41-56-33-27-50-17-10-18-51-28-34-57(42-60)76(56)73(50)51;1-3-15-29(16-4-1)41-44-42(30-17-5-2-6-18-30)46-43(45-41)48-37-24-12-10-22-34(37)39-38(48)27-26-33-32-21-9-11-23-36(32)47(40(33)39)35-25-13-19-28-14-7-8-20-31(28)35/h1-44H;1-27H. The van der Waals surface area contributed by atoms with E-state index in [1.807, 2.05) is 60.7 Å². The highest BCUT2D eigenvalue weighted by Crippen LogP contribution is 2.49. The molecule has 0 aliphatic carbocycles. The van der Waals surface area contributed by atoms with Gasteiger partial charge in [-0.3, -0.25) is 13.7 Å². The molecule has 23 aromatic carbocycles. The van der Waals surface area contributed by atoms with E-state index in [0.717, 1.165) is 127 Å². The molecule has 0 aliphatic heterocycles. The molecule has 0 aliphatic rings. The van der Waals surface area contributed by atoms with Crippen LogP contribution in [0.3, 0.4) is 0 Å². The van der Waals surface area contributed by atoms with E-state index in [-0.39, 0.29) is 0 Å². The Balaban J connectivity index is 0.000000154. The number of para-hydroxylation sites is 4. The van der Waals surface area contributed by atoms with Crippen molar-refractivity contribution in [2.24, 2.45) is 0 Å². The van der Waals surface area contributed by atoms with Gasteiger partial charge in [0.25, 0.3) is 0 Å². The number of hydrogen-bond donors (Lipinski definition) is 0. The fourth-order valence-electron chi connectivity index (χ4n) is 22.2. The smallest absolute Gasteiger partial charge is 0.238 e. The van der Waals surface area contributed by atoms with Gasteiger partial charge in [-0.15, -0.1) is 0 Å². The summed E-state index contributed by atoms with van der Waals surface area (Å²) in [5.74, 6) is 3.03. The second kappa shape index (κ2) is 28.7. The number of hydrogen-bond acceptors (Lipinski definition) is 7. The van der Waals surface area contributed by atoms with Gasteiger partial charge in [0.1, 0.15) is 0 Å². The van der Waals surface area contributed by atoms with Crippen molar-refractivity contribution in [3.63, 3.8) is 0 Å². The predicted molar refractivity (Wildman–Crippen MR) is 556 cm³/mol. The van der Waals surface area contributed by atoms with Crippen molar-refractivity contribution in [1.82, 2.24) is 53.2 Å². The van der Waals surface area contributed by atoms with E-state index in [2.05, 4.69) is 388 Å². The molecule has 0 saturated heterocycles. The van der Waals surface area contributed by atoms with Crippen LogP contribution in [0, 0.1) is 0 Å². The summed E-state index contributed by atoms with van der Waals surface area (Å²) in [5.41, 5.74) is 18.9. The molecule has 0 unspecified atom stereocenters. The fourth-order valence-corrected chi connectivity index (χ4v) is 22.2. The summed E-state index contributed by atoms with van der Waals surface area (Å²) in [5, 5.41) is 33.8. The molecule has 0 saturated carbocycles. The molecule has 0 N–H and O–H groups in total. The molecule has 0 radical (unpaired) electrons. The Morgan fingerprint density at radius 2 is 0.425 bits per heavy atom. The highest BCUT2D eigenvalue weighted by Gasteiger charge is 2.29. The van der Waals surface area contributed by atoms with Gasteiger partial charge in [-0.2, -0.15) is 9.97 Å². The number of nitrogens with zero attached hydrogens (tertiary/aromatic N) is 11. The SMILES string of the molecule is c1ccc(-c2cc(-c3cc4ccc5cccc6ccc(c3)c4c56)nc(-n3c4ccccc4c4c3ccc3c5ccccc5n(-c5nc(-c6cc7ccc8cccc9ccc(c6)c7c89)cc(-c6cc7ccc8cccc9ccc(c6)c7c89)n5)c34)n2)cc1.c1ccc(-c2nc(-c3ccccc3)nc(-n3c4ccccc4c4c3ccc3c5ccccc5n(-c5cccc6ccccc56)c34)n2)cc1. The van der Waals surface area contributed by atoms with Crippen LogP contribution in [0.4, 0.5) is 0 Å². The molecule has 0 fully saturated rings. The summed E-state index contributed by atoms with van der Waals surface area (Å²) in [6.45, 7) is 0. The lowest BCUT2D eigenvalue weighted by molar-refractivity contribution is 0.953. The van der Waals surface area contributed by atoms with Crippen LogP contribution in [0.15, 0.2) is 431 Å². The normalized spacial score (nSPS) is 12.2. The Morgan fingerprint density at radius 3 is 0.836 bits per heavy atom. The van der Waals surface area contributed by atoms with Crippen LogP contribution in [0.2, 0.25) is 0 Å². The molecule has 30 rings (SSSR count). The van der Waals surface area contributed by atoms with Crippen LogP contribution >= 0.6 is 0 Å². The minimum atomic E-state index is 0.584. The molecule has 7 heterocycles. The van der Waals surface area contributed by atoms with Gasteiger partial charge in [0.2, 0.25) is 17.8 Å². The van der Waals surface area contributed by atoms with E-state index in [0.29, 0.717) is 29.5 Å². The summed E-state index contributed by atoms with van der Waals surface area (Å²) >= 11 is 0. The van der Waals surface area contributed by atoms with E-state index in [4.69, 9.17) is 34.9 Å². The summed E-state index contributed by atoms with van der Waals surface area (Å²) in [6.07, 6.45) is 0. The van der Waals surface area contributed by atoms with Crippen molar-refractivity contribution in [3.05, 3.63) is 431 Å². The molecule has 0 spiro atoms. The molecule has 0 atom stereocenters. The Labute approximate surface area is 764 Å². The highest BCUT2D eigenvalue weighted by atomic mass is 15.2. The van der Waals surface area contributed by atoms with Crippen molar-refractivity contribution >= 4 is 195 Å². The zero-order chi connectivity index (χ0) is 87.5. The van der Waals surface area contributed by atoms with E-state index >= 15 is 0 Å². The zero-order valence-electron chi connectivity index (χ0n) is 71.9. The molecule has 0 amide bonds. The van der Waals surface area contributed by atoms with Gasteiger partial charge in [0, 0.05) is 81.9 Å². The Hall–Kier alpha value is -18.2. The van der Waals surface area contributed by atoms with Crippen LogP contribution in [0.25, 0.3) is 286 Å². The maximum absolute atomic E-state index is 5.76. The van der Waals surface area contributed by atoms with E-state index < -0.39 is 0 Å². The number of rotatable bonds is 10. The second-order valence-corrected chi connectivity index (χ2v) is 35.4. The topological polar surface area (TPSA) is 110 Å². The lowest BCUT2D eigenvalue weighted by Crippen LogP contribution is -2.06. The molecule has 11 heteroatoms. The average Bonchev–Trinajstić information content (AvgIpc) is 1.54. The molecule has 134 heavy (non-hydrogen) atoms. The molecular weight excluding hydrogens is 1630 g/mol. The lowest BCUT2D eigenvalue weighted by Gasteiger charge is -2.16. The Morgan fingerprint density at radius 1 is 0.142 bits per heavy atom. The maximum Gasteiger partial charge on any atom is 0.238 e. The Kier molecular flexibility index (Phi) is 15.8. The van der Waals surface area contributed by atoms with Crippen LogP contribution in [-0.2, 0) is 0 Å². The van der Waals surface area contributed by atoms with Gasteiger partial charge in [-0.25, -0.2) is 24.9 Å². The summed E-state index contributed by atoms with van der Waals surface area (Å²) in [6, 6.07) is 155. The maximum atomic E-state index is 5.76. The summed E-state index contributed by atoms with van der Waals surface area (Å²) in [4.78, 5) is 37.9. The van der Waals surface area contributed by atoms with Gasteiger partial charge in [-0.05, 0) is 193 Å². The third kappa shape index (κ3) is 11.1. The van der Waals surface area contributed by atoms with Crippen molar-refractivity contribution in [2.45, 2.75) is 0 Å². The van der Waals surface area contributed by atoms with Crippen molar-refractivity contribution < 1.29 is 0 Å². The van der Waals surface area contributed by atoms with Crippen molar-refractivity contribution in [3.8, 4) is 91.3 Å². The van der Waals surface area contributed by atoms with E-state index in [1.165, 1.54) is 130 Å². The monoisotopic (exact) mass is 1700 g/mol. The predicted octanol–water partition coefficient (Wildman–Crippen LogP) is 31.4. The number of fused-ring (bicyclic) bond motifs is 15. The average molecular weight is 1700 g/mol. The van der Waals surface area contributed by atoms with Crippen molar-refractivity contribution in [1.29, 1.82) is 0 Å². The molecular formula is C123H71N11. The van der Waals surface area contributed by atoms with Gasteiger partial charge in [0.05, 0.1) is 72.6 Å². The summed E-state index contributed by atoms with van der Waals surface area (Å²) in [7, 11) is 0. The van der Waals surface area contributed by atoms with E-state index in [1.54, 1.807) is 0 Å². The first-order valence-corrected chi connectivity index (χ1v) is 45.6. The zero-order valence-corrected chi connectivity index (χ0v) is 71.9. The quantitative estimate of drug-likeness (QED) is 0.125. The minimum absolute atomic E-state index is 0.584. The highest BCUT2D eigenvalue weighted by molar-refractivity contribution is 6.30.